The molecule has 5 nitrogen and oxygen atoms in total. The van der Waals surface area contributed by atoms with E-state index in [0.717, 1.165) is 26.2 Å². The van der Waals surface area contributed by atoms with Crippen LogP contribution in [0.15, 0.2) is 16.7 Å². The fraction of sp³-hybridized carbons (Fsp3) is 0.545. The van der Waals surface area contributed by atoms with E-state index in [1.807, 2.05) is 0 Å². The molecule has 1 aliphatic rings. The fourth-order valence-electron chi connectivity index (χ4n) is 1.82. The largest absolute Gasteiger partial charge is 0.468 e. The van der Waals surface area contributed by atoms with Gasteiger partial charge in [-0.1, -0.05) is 0 Å². The zero-order chi connectivity index (χ0) is 12.3. The zero-order valence-corrected chi connectivity index (χ0v) is 10.6. The van der Waals surface area contributed by atoms with Crippen LogP contribution < -0.4 is 5.32 Å². The average Bonchev–Trinajstić information content (AvgIpc) is 2.77. The summed E-state index contributed by atoms with van der Waals surface area (Å²) in [6.07, 6.45) is 3.06. The molecule has 1 saturated heterocycles. The summed E-state index contributed by atoms with van der Waals surface area (Å²) in [4.78, 5) is 13.9. The molecule has 0 spiro atoms. The minimum Gasteiger partial charge on any atom is -0.468 e. The van der Waals surface area contributed by atoms with Crippen molar-refractivity contribution in [2.75, 3.05) is 32.4 Å². The second kappa shape index (κ2) is 5.46. The lowest BCUT2D eigenvalue weighted by Crippen LogP contribution is -2.46. The van der Waals surface area contributed by atoms with Gasteiger partial charge in [-0.2, -0.15) is 0 Å². The molecule has 1 amide bonds. The summed E-state index contributed by atoms with van der Waals surface area (Å²) >= 11 is 0. The summed E-state index contributed by atoms with van der Waals surface area (Å²) in [7, 11) is -0.950. The Morgan fingerprint density at radius 3 is 2.88 bits per heavy atom. The Balaban J connectivity index is 2.03. The van der Waals surface area contributed by atoms with Crippen molar-refractivity contribution in [1.82, 2.24) is 10.2 Å². The van der Waals surface area contributed by atoms with E-state index < -0.39 is 10.8 Å². The average molecular weight is 256 g/mol. The van der Waals surface area contributed by atoms with Gasteiger partial charge in [0.25, 0.3) is 5.91 Å². The first kappa shape index (κ1) is 12.3. The van der Waals surface area contributed by atoms with Crippen LogP contribution in [-0.4, -0.2) is 47.5 Å². The molecular formula is C11H16N2O3S. The molecule has 0 saturated carbocycles. The molecule has 1 unspecified atom stereocenters. The number of piperazine rings is 1. The fourth-order valence-corrected chi connectivity index (χ4v) is 2.37. The van der Waals surface area contributed by atoms with Gasteiger partial charge in [0.2, 0.25) is 0 Å². The van der Waals surface area contributed by atoms with E-state index in [4.69, 9.17) is 4.42 Å². The van der Waals surface area contributed by atoms with Crippen molar-refractivity contribution in [3.05, 3.63) is 23.7 Å². The van der Waals surface area contributed by atoms with Crippen molar-refractivity contribution in [1.29, 1.82) is 0 Å². The molecule has 1 aliphatic heterocycles. The Bertz CT molecular complexity index is 424. The van der Waals surface area contributed by atoms with Gasteiger partial charge < -0.3 is 14.6 Å². The van der Waals surface area contributed by atoms with E-state index in [0.29, 0.717) is 17.1 Å². The molecule has 1 fully saturated rings. The Kier molecular flexibility index (Phi) is 3.96. The summed E-state index contributed by atoms with van der Waals surface area (Å²) in [6.45, 7) is 3.10. The van der Waals surface area contributed by atoms with E-state index in [1.54, 1.807) is 17.2 Å². The number of furan rings is 1. The van der Waals surface area contributed by atoms with Crippen molar-refractivity contribution in [2.24, 2.45) is 0 Å². The van der Waals surface area contributed by atoms with Crippen LogP contribution in [0.3, 0.4) is 0 Å². The van der Waals surface area contributed by atoms with Crippen molar-refractivity contribution < 1.29 is 13.4 Å². The summed E-state index contributed by atoms with van der Waals surface area (Å²) in [5, 5.41) is 3.19. The highest BCUT2D eigenvalue weighted by Gasteiger charge is 2.19. The molecule has 6 heteroatoms. The van der Waals surface area contributed by atoms with Gasteiger partial charge in [0.15, 0.2) is 0 Å². The summed E-state index contributed by atoms with van der Waals surface area (Å²) in [6, 6.07) is 1.69. The van der Waals surface area contributed by atoms with E-state index in [-0.39, 0.29) is 5.91 Å². The quantitative estimate of drug-likeness (QED) is 0.839. The monoisotopic (exact) mass is 256 g/mol. The first-order valence-corrected chi connectivity index (χ1v) is 7.27. The van der Waals surface area contributed by atoms with Crippen LogP contribution >= 0.6 is 0 Å². The summed E-state index contributed by atoms with van der Waals surface area (Å²) in [5.74, 6) is 0.946. The zero-order valence-electron chi connectivity index (χ0n) is 9.77. The van der Waals surface area contributed by atoms with Gasteiger partial charge in [-0.15, -0.1) is 0 Å². The smallest absolute Gasteiger partial charge is 0.257 e. The summed E-state index contributed by atoms with van der Waals surface area (Å²) in [5.41, 5.74) is 0.548. The molecule has 17 heavy (non-hydrogen) atoms. The molecule has 0 aromatic carbocycles. The Morgan fingerprint density at radius 2 is 2.24 bits per heavy atom. The SMILES string of the molecule is CS(=O)Cc1cc(C(=O)N2CCNCC2)co1. The van der Waals surface area contributed by atoms with Crippen LogP contribution in [0.25, 0.3) is 0 Å². The van der Waals surface area contributed by atoms with Crippen molar-refractivity contribution in [3.8, 4) is 0 Å². The molecule has 94 valence electrons. The van der Waals surface area contributed by atoms with Gasteiger partial charge in [0.05, 0.1) is 11.3 Å². The van der Waals surface area contributed by atoms with Crippen molar-refractivity contribution >= 4 is 16.7 Å². The number of carbonyl (C=O) groups excluding carboxylic acids is 1. The lowest BCUT2D eigenvalue weighted by Gasteiger charge is -2.26. The van der Waals surface area contributed by atoms with E-state index in [2.05, 4.69) is 5.32 Å². The number of hydrogen-bond donors (Lipinski definition) is 1. The highest BCUT2D eigenvalue weighted by molar-refractivity contribution is 7.83. The minimum atomic E-state index is -0.950. The number of nitrogens with one attached hydrogen (secondary N) is 1. The predicted molar refractivity (Wildman–Crippen MR) is 65.3 cm³/mol. The standard InChI is InChI=1S/C11H16N2O3S/c1-17(15)8-10-6-9(7-16-10)11(14)13-4-2-12-3-5-13/h6-7,12H,2-5,8H2,1H3. The molecule has 2 rings (SSSR count). The van der Waals surface area contributed by atoms with Crippen LogP contribution in [0.1, 0.15) is 16.1 Å². The Morgan fingerprint density at radius 1 is 1.53 bits per heavy atom. The highest BCUT2D eigenvalue weighted by atomic mass is 32.2. The normalized spacial score (nSPS) is 18.1. The van der Waals surface area contributed by atoms with E-state index >= 15 is 0 Å². The molecule has 1 atom stereocenters. The van der Waals surface area contributed by atoms with Gasteiger partial charge in [-0.25, -0.2) is 0 Å². The third-order valence-electron chi connectivity index (χ3n) is 2.65. The maximum atomic E-state index is 12.1. The van der Waals surface area contributed by atoms with Crippen LogP contribution in [-0.2, 0) is 16.6 Å². The van der Waals surface area contributed by atoms with Gasteiger partial charge >= 0.3 is 0 Å². The lowest BCUT2D eigenvalue weighted by atomic mass is 10.2. The van der Waals surface area contributed by atoms with Crippen LogP contribution in [0, 0.1) is 0 Å². The van der Waals surface area contributed by atoms with Gasteiger partial charge in [0.1, 0.15) is 12.0 Å². The molecule has 1 aromatic rings. The van der Waals surface area contributed by atoms with Gasteiger partial charge in [-0.3, -0.25) is 9.00 Å². The number of carbonyl (C=O) groups is 1. The predicted octanol–water partition coefficient (Wildman–Crippen LogP) is 0.204. The van der Waals surface area contributed by atoms with Crippen molar-refractivity contribution in [3.63, 3.8) is 0 Å². The Hall–Kier alpha value is -1.14. The maximum absolute atomic E-state index is 12.1. The topological polar surface area (TPSA) is 62.6 Å². The minimum absolute atomic E-state index is 0.0108. The van der Waals surface area contributed by atoms with Crippen molar-refractivity contribution in [2.45, 2.75) is 5.75 Å². The molecule has 1 aromatic heterocycles. The lowest BCUT2D eigenvalue weighted by molar-refractivity contribution is 0.0735. The molecule has 0 aliphatic carbocycles. The highest BCUT2D eigenvalue weighted by Crippen LogP contribution is 2.12. The number of amides is 1. The van der Waals surface area contributed by atoms with Gasteiger partial charge in [-0.05, 0) is 6.07 Å². The van der Waals surface area contributed by atoms with E-state index in [1.165, 1.54) is 6.26 Å². The summed E-state index contributed by atoms with van der Waals surface area (Å²) < 4.78 is 16.3. The molecule has 1 N–H and O–H groups in total. The molecule has 2 heterocycles. The van der Waals surface area contributed by atoms with E-state index in [9.17, 15) is 9.00 Å². The number of hydrogen-bond acceptors (Lipinski definition) is 4. The Labute approximate surface area is 103 Å². The maximum Gasteiger partial charge on any atom is 0.257 e. The molecule has 0 bridgehead atoms. The van der Waals surface area contributed by atoms with Crippen LogP contribution in [0.4, 0.5) is 0 Å². The molecule has 0 radical (unpaired) electrons. The third-order valence-corrected chi connectivity index (χ3v) is 3.34. The second-order valence-corrected chi connectivity index (χ2v) is 5.50. The van der Waals surface area contributed by atoms with Crippen LogP contribution in [0.2, 0.25) is 0 Å². The van der Waals surface area contributed by atoms with Crippen LogP contribution in [0.5, 0.6) is 0 Å². The second-order valence-electron chi connectivity index (χ2n) is 4.06. The third kappa shape index (κ3) is 3.17. The molecular weight excluding hydrogens is 240 g/mol. The first-order chi connectivity index (χ1) is 8.16. The number of nitrogens with zero attached hydrogens (tertiary/aromatic N) is 1. The van der Waals surface area contributed by atoms with Gasteiger partial charge in [0, 0.05) is 43.2 Å². The number of rotatable bonds is 3. The first-order valence-electron chi connectivity index (χ1n) is 5.54.